The summed E-state index contributed by atoms with van der Waals surface area (Å²) >= 11 is 1.30. The summed E-state index contributed by atoms with van der Waals surface area (Å²) in [4.78, 5) is 25.1. The minimum atomic E-state index is -1.38. The van der Waals surface area contributed by atoms with Crippen LogP contribution in [-0.4, -0.2) is 38.8 Å². The van der Waals surface area contributed by atoms with Crippen LogP contribution in [0.15, 0.2) is 11.4 Å². The molecule has 3 heterocycles. The molecule has 1 unspecified atom stereocenters. The van der Waals surface area contributed by atoms with Gasteiger partial charge in [0.25, 0.3) is 0 Å². The van der Waals surface area contributed by atoms with Crippen molar-refractivity contribution in [2.75, 3.05) is 6.54 Å². The van der Waals surface area contributed by atoms with Crippen molar-refractivity contribution in [3.8, 4) is 0 Å². The van der Waals surface area contributed by atoms with E-state index in [0.717, 1.165) is 5.56 Å². The lowest BCUT2D eigenvalue weighted by atomic mass is 9.89. The topological polar surface area (TPSA) is 81.1 Å². The number of fused-ring (bicyclic) bond motifs is 4. The van der Waals surface area contributed by atoms with E-state index in [1.165, 1.54) is 23.2 Å². The zero-order valence-corrected chi connectivity index (χ0v) is 9.77. The maximum atomic E-state index is 11.8. The van der Waals surface area contributed by atoms with Crippen molar-refractivity contribution in [3.05, 3.63) is 21.9 Å². The van der Waals surface area contributed by atoms with E-state index in [1.807, 2.05) is 0 Å². The van der Waals surface area contributed by atoms with E-state index in [-0.39, 0.29) is 6.54 Å². The van der Waals surface area contributed by atoms with E-state index in [9.17, 15) is 19.9 Å². The van der Waals surface area contributed by atoms with Crippen LogP contribution >= 0.6 is 11.3 Å². The smallest absolute Gasteiger partial charge is 0.345 e. The van der Waals surface area contributed by atoms with Gasteiger partial charge in [-0.05, 0) is 23.9 Å². The largest absolute Gasteiger partial charge is 0.479 e. The maximum Gasteiger partial charge on any atom is 0.345 e. The lowest BCUT2D eigenvalue weighted by molar-refractivity contribution is -0.149. The number of aliphatic carboxylic acids is 1. The van der Waals surface area contributed by atoms with Gasteiger partial charge in [-0.1, -0.05) is 0 Å². The summed E-state index contributed by atoms with van der Waals surface area (Å²) in [5, 5.41) is 21.5. The number of amides is 2. The lowest BCUT2D eigenvalue weighted by Crippen LogP contribution is -2.52. The first kappa shape index (κ1) is 10.5. The molecule has 0 aliphatic carbocycles. The van der Waals surface area contributed by atoms with Crippen LogP contribution in [0.4, 0.5) is 4.79 Å². The molecule has 2 bridgehead atoms. The second-order valence-corrected chi connectivity index (χ2v) is 5.25. The summed E-state index contributed by atoms with van der Waals surface area (Å²) < 4.78 is 0. The van der Waals surface area contributed by atoms with Crippen molar-refractivity contribution < 1.29 is 19.9 Å². The van der Waals surface area contributed by atoms with Crippen molar-refractivity contribution in [3.63, 3.8) is 0 Å². The van der Waals surface area contributed by atoms with Gasteiger partial charge < -0.3 is 5.11 Å². The third kappa shape index (κ3) is 1.03. The van der Waals surface area contributed by atoms with Crippen molar-refractivity contribution >= 4 is 23.3 Å². The molecule has 0 aromatic carbocycles. The number of hydrogen-bond acceptors (Lipinski definition) is 4. The quantitative estimate of drug-likeness (QED) is 0.738. The van der Waals surface area contributed by atoms with Gasteiger partial charge in [0.05, 0.1) is 6.54 Å². The first-order valence-corrected chi connectivity index (χ1v) is 5.97. The molecule has 2 aliphatic rings. The Labute approximate surface area is 101 Å². The summed E-state index contributed by atoms with van der Waals surface area (Å²) in [7, 11) is 0. The zero-order valence-electron chi connectivity index (χ0n) is 8.95. The molecule has 2 amide bonds. The van der Waals surface area contributed by atoms with Crippen LogP contribution in [0, 0.1) is 0 Å². The number of carbonyl (C=O) groups is 2. The first-order valence-electron chi connectivity index (χ1n) is 5.09. The Hall–Kier alpha value is -1.60. The second kappa shape index (κ2) is 2.99. The highest BCUT2D eigenvalue weighted by atomic mass is 32.1. The predicted molar refractivity (Wildman–Crippen MR) is 57.8 cm³/mol. The molecule has 2 N–H and O–H groups in total. The summed E-state index contributed by atoms with van der Waals surface area (Å²) in [5.74, 6) is -1.08. The number of thiophene rings is 1. The molecule has 1 aromatic heterocycles. The number of urea groups is 1. The SMILES string of the molecule is CC1(C(=O)O)c2sccc2[C@@H]2CN1C(=O)N2O. The lowest BCUT2D eigenvalue weighted by Gasteiger charge is -2.36. The molecule has 2 aliphatic heterocycles. The van der Waals surface area contributed by atoms with Crippen molar-refractivity contribution in [1.82, 2.24) is 9.96 Å². The predicted octanol–water partition coefficient (Wildman–Crippen LogP) is 1.23. The van der Waals surface area contributed by atoms with Crippen LogP contribution in [0.1, 0.15) is 23.4 Å². The zero-order chi connectivity index (χ0) is 12.4. The van der Waals surface area contributed by atoms with Gasteiger partial charge in [0.15, 0.2) is 5.54 Å². The molecule has 1 saturated heterocycles. The van der Waals surface area contributed by atoms with Crippen LogP contribution < -0.4 is 0 Å². The molecule has 7 heteroatoms. The van der Waals surface area contributed by atoms with E-state index in [4.69, 9.17) is 0 Å². The van der Waals surface area contributed by atoms with E-state index < -0.39 is 23.6 Å². The molecule has 6 nitrogen and oxygen atoms in total. The number of nitrogens with zero attached hydrogens (tertiary/aromatic N) is 2. The highest BCUT2D eigenvalue weighted by Crippen LogP contribution is 2.48. The van der Waals surface area contributed by atoms with Gasteiger partial charge in [-0.2, -0.15) is 5.06 Å². The molecule has 1 fully saturated rings. The van der Waals surface area contributed by atoms with Gasteiger partial charge >= 0.3 is 12.0 Å². The second-order valence-electron chi connectivity index (χ2n) is 4.34. The van der Waals surface area contributed by atoms with E-state index in [2.05, 4.69) is 0 Å². The molecular formula is C10H10N2O4S. The molecule has 17 heavy (non-hydrogen) atoms. The Morgan fingerprint density at radius 1 is 1.65 bits per heavy atom. The van der Waals surface area contributed by atoms with E-state index in [1.54, 1.807) is 11.4 Å². The van der Waals surface area contributed by atoms with Crippen LogP contribution in [0.25, 0.3) is 0 Å². The van der Waals surface area contributed by atoms with Gasteiger partial charge in [0.1, 0.15) is 6.04 Å². The summed E-state index contributed by atoms with van der Waals surface area (Å²) in [5.41, 5.74) is -0.654. The summed E-state index contributed by atoms with van der Waals surface area (Å²) in [6.45, 7) is 1.71. The Bertz CT molecular complexity index is 528. The Balaban J connectivity index is 2.27. The Morgan fingerprint density at radius 3 is 3.00 bits per heavy atom. The van der Waals surface area contributed by atoms with Gasteiger partial charge in [-0.3, -0.25) is 10.1 Å². The monoisotopic (exact) mass is 254 g/mol. The van der Waals surface area contributed by atoms with E-state index in [0.29, 0.717) is 9.94 Å². The minimum absolute atomic E-state index is 0.210. The summed E-state index contributed by atoms with van der Waals surface area (Å²) in [6, 6.07) is 0.671. The van der Waals surface area contributed by atoms with Crippen LogP contribution in [0.2, 0.25) is 0 Å². The highest BCUT2D eigenvalue weighted by molar-refractivity contribution is 7.10. The first-order chi connectivity index (χ1) is 7.98. The van der Waals surface area contributed by atoms with Crippen LogP contribution in [0.5, 0.6) is 0 Å². The minimum Gasteiger partial charge on any atom is -0.479 e. The number of carboxylic acid groups (broad SMARTS) is 1. The maximum absolute atomic E-state index is 11.8. The van der Waals surface area contributed by atoms with E-state index >= 15 is 0 Å². The van der Waals surface area contributed by atoms with Crippen molar-refractivity contribution in [2.45, 2.75) is 18.5 Å². The fraction of sp³-hybridized carbons (Fsp3) is 0.400. The van der Waals surface area contributed by atoms with Crippen LogP contribution in [0.3, 0.4) is 0 Å². The summed E-state index contributed by atoms with van der Waals surface area (Å²) in [6.07, 6.45) is 0. The normalized spacial score (nSPS) is 30.7. The number of hydrogen-bond donors (Lipinski definition) is 2. The number of carboxylic acids is 1. The Morgan fingerprint density at radius 2 is 2.35 bits per heavy atom. The standard InChI is InChI=1S/C10H10N2O4S/c1-10(8(13)14)7-5(2-3-17-7)6-4-11(10)9(15)12(6)16/h2-3,6,16H,4H2,1H3,(H,13,14)/t6-,10?/m0/s1. The third-order valence-electron chi connectivity index (χ3n) is 3.53. The average molecular weight is 254 g/mol. The molecule has 3 rings (SSSR count). The van der Waals surface area contributed by atoms with Crippen molar-refractivity contribution in [2.24, 2.45) is 0 Å². The number of rotatable bonds is 1. The molecule has 90 valence electrons. The van der Waals surface area contributed by atoms with Gasteiger partial charge in [-0.25, -0.2) is 9.59 Å². The highest BCUT2D eigenvalue weighted by Gasteiger charge is 2.58. The average Bonchev–Trinajstić information content (AvgIpc) is 2.85. The number of carbonyl (C=O) groups excluding carboxylic acids is 1. The molecule has 0 saturated carbocycles. The van der Waals surface area contributed by atoms with Crippen LogP contribution in [-0.2, 0) is 10.3 Å². The fourth-order valence-corrected chi connectivity index (χ4v) is 3.62. The molecule has 2 atom stereocenters. The third-order valence-corrected chi connectivity index (χ3v) is 4.67. The van der Waals surface area contributed by atoms with Gasteiger partial charge in [0.2, 0.25) is 0 Å². The number of hydroxylamine groups is 2. The molecule has 1 aromatic rings. The molecule has 0 radical (unpaired) electrons. The van der Waals surface area contributed by atoms with Crippen molar-refractivity contribution in [1.29, 1.82) is 0 Å². The fourth-order valence-electron chi connectivity index (χ4n) is 2.50. The van der Waals surface area contributed by atoms with Gasteiger partial charge in [0, 0.05) is 4.88 Å². The molecular weight excluding hydrogens is 244 g/mol. The Kier molecular flexibility index (Phi) is 1.86. The molecule has 0 spiro atoms. The van der Waals surface area contributed by atoms with Gasteiger partial charge in [-0.15, -0.1) is 11.3 Å².